The van der Waals surface area contributed by atoms with E-state index in [-0.39, 0.29) is 11.6 Å². The van der Waals surface area contributed by atoms with Crippen molar-refractivity contribution < 1.29 is 8.78 Å². The molecule has 21 heavy (non-hydrogen) atoms. The molecule has 5 heteroatoms. The van der Waals surface area contributed by atoms with E-state index in [1.807, 2.05) is 24.3 Å². The molecule has 0 heterocycles. The topological polar surface area (TPSA) is 12.0 Å². The van der Waals surface area contributed by atoms with E-state index in [0.717, 1.165) is 9.37 Å². The summed E-state index contributed by atoms with van der Waals surface area (Å²) in [5.74, 6) is -0.422. The second kappa shape index (κ2) is 7.38. The first-order valence-corrected chi connectivity index (χ1v) is 8.31. The van der Waals surface area contributed by atoms with Crippen LogP contribution in [0.4, 0.5) is 8.78 Å². The second-order valence-corrected chi connectivity index (χ2v) is 6.71. The van der Waals surface area contributed by atoms with E-state index in [1.165, 1.54) is 12.1 Å². The molecule has 0 bridgehead atoms. The largest absolute Gasteiger partial charge is 0.312 e. The average molecular weight is 372 g/mol. The lowest BCUT2D eigenvalue weighted by Crippen LogP contribution is -2.22. The van der Waals surface area contributed by atoms with Crippen molar-refractivity contribution in [3.63, 3.8) is 0 Å². The van der Waals surface area contributed by atoms with Crippen molar-refractivity contribution >= 4 is 27.7 Å². The first-order valence-electron chi connectivity index (χ1n) is 6.53. The van der Waals surface area contributed by atoms with Crippen LogP contribution < -0.4 is 5.32 Å². The van der Waals surface area contributed by atoms with Crippen LogP contribution in [0.5, 0.6) is 0 Å². The second-order valence-electron chi connectivity index (χ2n) is 4.70. The van der Waals surface area contributed by atoms with E-state index in [1.54, 1.807) is 25.7 Å². The lowest BCUT2D eigenvalue weighted by molar-refractivity contribution is 0.509. The Morgan fingerprint density at radius 3 is 2.43 bits per heavy atom. The van der Waals surface area contributed by atoms with Gasteiger partial charge in [0.1, 0.15) is 11.6 Å². The molecule has 0 amide bonds. The van der Waals surface area contributed by atoms with Gasteiger partial charge >= 0.3 is 0 Å². The van der Waals surface area contributed by atoms with Crippen LogP contribution in [0.1, 0.15) is 17.2 Å². The molecule has 0 saturated carbocycles. The predicted molar refractivity (Wildman–Crippen MR) is 87.8 cm³/mol. The fourth-order valence-electron chi connectivity index (χ4n) is 2.02. The van der Waals surface area contributed by atoms with E-state index < -0.39 is 11.6 Å². The Balaban J connectivity index is 2.17. The zero-order valence-corrected chi connectivity index (χ0v) is 14.2. The van der Waals surface area contributed by atoms with Crippen molar-refractivity contribution in [2.75, 3.05) is 12.8 Å². The van der Waals surface area contributed by atoms with Crippen LogP contribution in [0.3, 0.4) is 0 Å². The highest BCUT2D eigenvalue weighted by Gasteiger charge is 2.20. The van der Waals surface area contributed by atoms with Crippen LogP contribution in [-0.4, -0.2) is 12.8 Å². The third-order valence-corrected chi connectivity index (χ3v) is 4.88. The zero-order chi connectivity index (χ0) is 15.4. The van der Waals surface area contributed by atoms with Gasteiger partial charge in [0, 0.05) is 26.7 Å². The highest BCUT2D eigenvalue weighted by atomic mass is 79.9. The normalized spacial score (nSPS) is 12.4. The minimum absolute atomic E-state index is 0.113. The van der Waals surface area contributed by atoms with Gasteiger partial charge in [-0.3, -0.25) is 0 Å². The Morgan fingerprint density at radius 2 is 1.81 bits per heavy atom. The smallest absolute Gasteiger partial charge is 0.133 e. The Bertz CT molecular complexity index is 616. The van der Waals surface area contributed by atoms with Gasteiger partial charge in [0.25, 0.3) is 0 Å². The molecule has 0 fully saturated rings. The summed E-state index contributed by atoms with van der Waals surface area (Å²) >= 11 is 4.95. The van der Waals surface area contributed by atoms with E-state index >= 15 is 0 Å². The number of rotatable bonds is 5. The first kappa shape index (κ1) is 16.5. The summed E-state index contributed by atoms with van der Waals surface area (Å²) in [4.78, 5) is 1.06. The molecule has 1 nitrogen and oxygen atoms in total. The maximum Gasteiger partial charge on any atom is 0.133 e. The molecule has 112 valence electrons. The quantitative estimate of drug-likeness (QED) is 0.734. The maximum atomic E-state index is 14.2. The molecule has 0 spiro atoms. The van der Waals surface area contributed by atoms with Crippen molar-refractivity contribution in [3.05, 3.63) is 63.6 Å². The summed E-state index contributed by atoms with van der Waals surface area (Å²) in [6, 6.07) is 10.3. The van der Waals surface area contributed by atoms with Gasteiger partial charge in [0.2, 0.25) is 0 Å². The number of thioether (sulfide) groups is 1. The molecule has 2 aromatic rings. The number of hydrogen-bond acceptors (Lipinski definition) is 2. The van der Waals surface area contributed by atoms with Crippen LogP contribution in [0.15, 0.2) is 45.8 Å². The summed E-state index contributed by atoms with van der Waals surface area (Å²) in [6.07, 6.45) is 0. The zero-order valence-electron chi connectivity index (χ0n) is 11.8. The lowest BCUT2D eigenvalue weighted by Gasteiger charge is -2.18. The molecule has 1 N–H and O–H groups in total. The van der Waals surface area contributed by atoms with Crippen LogP contribution in [0.2, 0.25) is 0 Å². The molecular formula is C16H16BrF2NS. The number of halogens is 3. The van der Waals surface area contributed by atoms with Gasteiger partial charge in [0.15, 0.2) is 0 Å². The number of benzene rings is 2. The lowest BCUT2D eigenvalue weighted by atomic mass is 10.0. The third-order valence-electron chi connectivity index (χ3n) is 3.25. The SMILES string of the molecule is CNC(CSc1ccc(Br)cc1)c1c(F)ccc(C)c1F. The van der Waals surface area contributed by atoms with Gasteiger partial charge < -0.3 is 5.32 Å². The minimum Gasteiger partial charge on any atom is -0.312 e. The molecule has 0 aliphatic heterocycles. The van der Waals surface area contributed by atoms with Gasteiger partial charge in [-0.1, -0.05) is 22.0 Å². The van der Waals surface area contributed by atoms with Crippen molar-refractivity contribution in [1.29, 1.82) is 0 Å². The van der Waals surface area contributed by atoms with Crippen LogP contribution in [0.25, 0.3) is 0 Å². The summed E-state index contributed by atoms with van der Waals surface area (Å²) in [5.41, 5.74) is 0.572. The monoisotopic (exact) mass is 371 g/mol. The van der Waals surface area contributed by atoms with Gasteiger partial charge in [-0.15, -0.1) is 11.8 Å². The molecule has 0 aromatic heterocycles. The summed E-state index contributed by atoms with van der Waals surface area (Å²) in [6.45, 7) is 1.65. The highest BCUT2D eigenvalue weighted by Crippen LogP contribution is 2.29. The Morgan fingerprint density at radius 1 is 1.14 bits per heavy atom. The molecule has 1 atom stereocenters. The minimum atomic E-state index is -0.506. The Hall–Kier alpha value is -0.910. The average Bonchev–Trinajstić information content (AvgIpc) is 2.48. The molecule has 2 aromatic carbocycles. The summed E-state index contributed by atoms with van der Waals surface area (Å²) in [5, 5.41) is 3.00. The van der Waals surface area contributed by atoms with Crippen molar-refractivity contribution in [1.82, 2.24) is 5.32 Å². The molecule has 1 unspecified atom stereocenters. The van der Waals surface area contributed by atoms with Gasteiger partial charge in [-0.25, -0.2) is 8.78 Å². The maximum absolute atomic E-state index is 14.2. The molecular weight excluding hydrogens is 356 g/mol. The fourth-order valence-corrected chi connectivity index (χ4v) is 3.30. The van der Waals surface area contributed by atoms with Crippen LogP contribution >= 0.6 is 27.7 Å². The van der Waals surface area contributed by atoms with Crippen LogP contribution in [0, 0.1) is 18.6 Å². The van der Waals surface area contributed by atoms with Crippen molar-refractivity contribution in [2.24, 2.45) is 0 Å². The Labute approximate surface area is 136 Å². The fraction of sp³-hybridized carbons (Fsp3) is 0.250. The van der Waals surface area contributed by atoms with Gasteiger partial charge in [-0.2, -0.15) is 0 Å². The molecule has 0 aliphatic carbocycles. The van der Waals surface area contributed by atoms with E-state index in [4.69, 9.17) is 0 Å². The first-order chi connectivity index (χ1) is 10.0. The van der Waals surface area contributed by atoms with Crippen molar-refractivity contribution in [3.8, 4) is 0 Å². The Kier molecular flexibility index (Phi) is 5.79. The van der Waals surface area contributed by atoms with Crippen molar-refractivity contribution in [2.45, 2.75) is 17.9 Å². The van der Waals surface area contributed by atoms with E-state index in [9.17, 15) is 8.78 Å². The van der Waals surface area contributed by atoms with Gasteiger partial charge in [0.05, 0.1) is 0 Å². The third kappa shape index (κ3) is 4.05. The highest BCUT2D eigenvalue weighted by molar-refractivity contribution is 9.10. The summed E-state index contributed by atoms with van der Waals surface area (Å²) < 4.78 is 29.1. The predicted octanol–water partition coefficient (Wildman–Crippen LogP) is 5.09. The molecule has 0 saturated heterocycles. The standard InChI is InChI=1S/C16H16BrF2NS/c1-10-3-8-13(18)15(16(10)19)14(20-2)9-21-12-6-4-11(17)5-7-12/h3-8,14,20H,9H2,1-2H3. The molecule has 0 aliphatic rings. The number of hydrogen-bond donors (Lipinski definition) is 1. The summed E-state index contributed by atoms with van der Waals surface area (Å²) in [7, 11) is 1.72. The van der Waals surface area contributed by atoms with Gasteiger partial charge in [-0.05, 0) is 49.9 Å². The number of aryl methyl sites for hydroxylation is 1. The molecule has 0 radical (unpaired) electrons. The number of nitrogens with one attached hydrogen (secondary N) is 1. The van der Waals surface area contributed by atoms with Crippen LogP contribution in [-0.2, 0) is 0 Å². The molecule has 2 rings (SSSR count). The van der Waals surface area contributed by atoms with E-state index in [2.05, 4.69) is 21.2 Å². The van der Waals surface area contributed by atoms with E-state index in [0.29, 0.717) is 11.3 Å².